The zero-order chi connectivity index (χ0) is 22.1. The fourth-order valence-electron chi connectivity index (χ4n) is 2.58. The molecule has 0 aromatic heterocycles. The highest BCUT2D eigenvalue weighted by atomic mass is 35.5. The smallest absolute Gasteiger partial charge is 0.243 e. The number of carbonyl (C=O) groups excluding carboxylic acids is 1. The lowest BCUT2D eigenvalue weighted by molar-refractivity contribution is -0.121. The number of nitrogens with zero attached hydrogens (tertiary/aromatic N) is 1. The number of likely N-dealkylation sites (N-methyl/N-ethyl adjacent to an activating group) is 1. The van der Waals surface area contributed by atoms with Gasteiger partial charge in [-0.15, -0.1) is 0 Å². The first kappa shape index (κ1) is 24.3. The fourth-order valence-corrected chi connectivity index (χ4v) is 4.74. The van der Waals surface area contributed by atoms with Gasteiger partial charge in [-0.3, -0.25) is 4.79 Å². The third-order valence-electron chi connectivity index (χ3n) is 4.16. The quantitative estimate of drug-likeness (QED) is 0.506. The molecule has 0 atom stereocenters. The van der Waals surface area contributed by atoms with E-state index in [-0.39, 0.29) is 17.3 Å². The van der Waals surface area contributed by atoms with Crippen molar-refractivity contribution in [2.75, 3.05) is 40.1 Å². The number of halogens is 1. The van der Waals surface area contributed by atoms with Gasteiger partial charge in [0.2, 0.25) is 15.9 Å². The Morgan fingerprint density at radius 2 is 1.87 bits per heavy atom. The van der Waals surface area contributed by atoms with Crippen molar-refractivity contribution >= 4 is 39.3 Å². The van der Waals surface area contributed by atoms with Gasteiger partial charge in [0.1, 0.15) is 0 Å². The molecule has 0 aliphatic carbocycles. The van der Waals surface area contributed by atoms with E-state index in [0.29, 0.717) is 28.8 Å². The van der Waals surface area contributed by atoms with Crippen LogP contribution in [0.25, 0.3) is 0 Å². The van der Waals surface area contributed by atoms with Gasteiger partial charge in [-0.2, -0.15) is 16.1 Å². The van der Waals surface area contributed by atoms with Crippen molar-refractivity contribution in [2.24, 2.45) is 0 Å². The number of benzene rings is 2. The molecule has 2 aromatic carbocycles. The predicted octanol–water partition coefficient (Wildman–Crippen LogP) is 3.03. The van der Waals surface area contributed by atoms with E-state index in [0.717, 1.165) is 15.6 Å². The predicted molar refractivity (Wildman–Crippen MR) is 120 cm³/mol. The third-order valence-corrected chi connectivity index (χ3v) is 7.22. The number of ether oxygens (including phenoxy) is 2. The van der Waals surface area contributed by atoms with E-state index in [1.165, 1.54) is 39.5 Å². The maximum atomic E-state index is 12.7. The van der Waals surface area contributed by atoms with Gasteiger partial charge in [-0.1, -0.05) is 23.7 Å². The molecule has 0 unspecified atom stereocenters. The summed E-state index contributed by atoms with van der Waals surface area (Å²) in [5, 5.41) is 3.43. The average Bonchev–Trinajstić information content (AvgIpc) is 2.72. The van der Waals surface area contributed by atoms with Gasteiger partial charge >= 0.3 is 0 Å². The molecule has 10 heteroatoms. The van der Waals surface area contributed by atoms with E-state index in [4.69, 9.17) is 21.1 Å². The summed E-state index contributed by atoms with van der Waals surface area (Å²) < 4.78 is 36.7. The molecule has 2 aromatic rings. The molecule has 0 heterocycles. The molecular formula is C20H25ClN2O5S2. The Balaban J connectivity index is 1.82. The first-order chi connectivity index (χ1) is 14.3. The van der Waals surface area contributed by atoms with Gasteiger partial charge in [0.05, 0.1) is 25.7 Å². The maximum Gasteiger partial charge on any atom is 0.243 e. The van der Waals surface area contributed by atoms with Crippen LogP contribution < -0.4 is 14.8 Å². The Hall–Kier alpha value is -1.94. The topological polar surface area (TPSA) is 84.9 Å². The Bertz CT molecular complexity index is 969. The van der Waals surface area contributed by atoms with Crippen LogP contribution in [0.1, 0.15) is 5.56 Å². The molecule has 0 fully saturated rings. The van der Waals surface area contributed by atoms with Crippen molar-refractivity contribution in [1.82, 2.24) is 9.62 Å². The van der Waals surface area contributed by atoms with Crippen LogP contribution in [0.15, 0.2) is 47.4 Å². The molecule has 30 heavy (non-hydrogen) atoms. The maximum absolute atomic E-state index is 12.7. The summed E-state index contributed by atoms with van der Waals surface area (Å²) in [5.74, 6) is 1.83. The second-order valence-corrected chi connectivity index (χ2v) is 9.90. The summed E-state index contributed by atoms with van der Waals surface area (Å²) in [4.78, 5) is 12.2. The first-order valence-corrected chi connectivity index (χ1v) is 12.0. The van der Waals surface area contributed by atoms with Crippen molar-refractivity contribution in [1.29, 1.82) is 0 Å². The van der Waals surface area contributed by atoms with Crippen LogP contribution in [0.3, 0.4) is 0 Å². The van der Waals surface area contributed by atoms with E-state index >= 15 is 0 Å². The molecule has 2 rings (SSSR count). The molecule has 0 saturated carbocycles. The summed E-state index contributed by atoms with van der Waals surface area (Å²) in [6.07, 6.45) is 0. The lowest BCUT2D eigenvalue weighted by atomic mass is 10.2. The van der Waals surface area contributed by atoms with Crippen molar-refractivity contribution in [3.8, 4) is 11.5 Å². The van der Waals surface area contributed by atoms with Crippen LogP contribution >= 0.6 is 23.4 Å². The highest BCUT2D eigenvalue weighted by molar-refractivity contribution is 7.98. The van der Waals surface area contributed by atoms with Crippen molar-refractivity contribution in [2.45, 2.75) is 10.6 Å². The van der Waals surface area contributed by atoms with Crippen LogP contribution in [0.5, 0.6) is 11.5 Å². The number of sulfonamides is 1. The Labute approximate surface area is 186 Å². The molecule has 7 nitrogen and oxygen atoms in total. The number of carbonyl (C=O) groups is 1. The average molecular weight is 473 g/mol. The van der Waals surface area contributed by atoms with Gasteiger partial charge in [0.15, 0.2) is 11.5 Å². The Morgan fingerprint density at radius 1 is 1.13 bits per heavy atom. The number of nitrogens with one attached hydrogen (secondary N) is 1. The second-order valence-electron chi connectivity index (χ2n) is 6.31. The summed E-state index contributed by atoms with van der Waals surface area (Å²) in [7, 11) is 0.407. The first-order valence-electron chi connectivity index (χ1n) is 9.05. The molecule has 0 spiro atoms. The number of rotatable bonds is 11. The van der Waals surface area contributed by atoms with Crippen LogP contribution in [-0.2, 0) is 20.6 Å². The number of hydrogen-bond acceptors (Lipinski definition) is 6. The summed E-state index contributed by atoms with van der Waals surface area (Å²) in [5.41, 5.74) is 1.11. The summed E-state index contributed by atoms with van der Waals surface area (Å²) in [6.45, 7) is 0.157. The van der Waals surface area contributed by atoms with Crippen LogP contribution in [0.2, 0.25) is 5.02 Å². The second kappa shape index (κ2) is 11.5. The largest absolute Gasteiger partial charge is 0.493 e. The Morgan fingerprint density at radius 3 is 2.53 bits per heavy atom. The van der Waals surface area contributed by atoms with E-state index < -0.39 is 10.0 Å². The standard InChI is InChI=1S/C20H25ClN2O5S2/c1-23(30(25,26)17-7-8-18(27-2)19(12-17)28-3)13-20(24)22-9-10-29-14-15-5-4-6-16(21)11-15/h4-8,11-12H,9-10,13-14H2,1-3H3,(H,22,24). The molecule has 0 radical (unpaired) electrons. The molecule has 0 saturated heterocycles. The SMILES string of the molecule is COc1ccc(S(=O)(=O)N(C)CC(=O)NCCSCc2cccc(Cl)c2)cc1OC. The monoisotopic (exact) mass is 472 g/mol. The van der Waals surface area contributed by atoms with E-state index in [1.807, 2.05) is 24.3 Å². The van der Waals surface area contributed by atoms with Crippen LogP contribution in [-0.4, -0.2) is 58.7 Å². The zero-order valence-electron chi connectivity index (χ0n) is 17.1. The van der Waals surface area contributed by atoms with Crippen LogP contribution in [0.4, 0.5) is 0 Å². The van der Waals surface area contributed by atoms with Crippen LogP contribution in [0, 0.1) is 0 Å². The van der Waals surface area contributed by atoms with Gasteiger partial charge in [0.25, 0.3) is 0 Å². The highest BCUT2D eigenvalue weighted by Crippen LogP contribution is 2.30. The molecule has 0 aliphatic heterocycles. The van der Waals surface area contributed by atoms with Gasteiger partial charge in [-0.05, 0) is 29.8 Å². The molecule has 164 valence electrons. The molecular weight excluding hydrogens is 448 g/mol. The third kappa shape index (κ3) is 6.80. The molecule has 1 N–H and O–H groups in total. The Kier molecular flexibility index (Phi) is 9.29. The van der Waals surface area contributed by atoms with E-state index in [2.05, 4.69) is 5.32 Å². The molecule has 1 amide bonds. The van der Waals surface area contributed by atoms with Crippen molar-refractivity contribution in [3.63, 3.8) is 0 Å². The lowest BCUT2D eigenvalue weighted by Gasteiger charge is -2.18. The summed E-state index contributed by atoms with van der Waals surface area (Å²) in [6, 6.07) is 11.9. The fraction of sp³-hybridized carbons (Fsp3) is 0.350. The zero-order valence-corrected chi connectivity index (χ0v) is 19.4. The molecule has 0 bridgehead atoms. The van der Waals surface area contributed by atoms with Gasteiger partial charge in [-0.25, -0.2) is 8.42 Å². The van der Waals surface area contributed by atoms with Crippen molar-refractivity contribution in [3.05, 3.63) is 53.1 Å². The number of methoxy groups -OCH3 is 2. The number of amides is 1. The van der Waals surface area contributed by atoms with E-state index in [1.54, 1.807) is 11.8 Å². The van der Waals surface area contributed by atoms with Gasteiger partial charge in [0, 0.05) is 36.2 Å². The number of hydrogen-bond donors (Lipinski definition) is 1. The lowest BCUT2D eigenvalue weighted by Crippen LogP contribution is -2.39. The van der Waals surface area contributed by atoms with E-state index in [9.17, 15) is 13.2 Å². The minimum Gasteiger partial charge on any atom is -0.493 e. The minimum absolute atomic E-state index is 0.0209. The molecule has 0 aliphatic rings. The van der Waals surface area contributed by atoms with Crippen molar-refractivity contribution < 1.29 is 22.7 Å². The highest BCUT2D eigenvalue weighted by Gasteiger charge is 2.24. The van der Waals surface area contributed by atoms with Gasteiger partial charge < -0.3 is 14.8 Å². The minimum atomic E-state index is -3.85. The summed E-state index contributed by atoms with van der Waals surface area (Å²) >= 11 is 7.61. The normalized spacial score (nSPS) is 11.4. The number of thioether (sulfide) groups is 1.